The van der Waals surface area contributed by atoms with Gasteiger partial charge >= 0.3 is 5.97 Å². The highest BCUT2D eigenvalue weighted by molar-refractivity contribution is 5.94. The van der Waals surface area contributed by atoms with Crippen molar-refractivity contribution < 1.29 is 9.53 Å². The van der Waals surface area contributed by atoms with Crippen molar-refractivity contribution in [3.05, 3.63) is 23.9 Å². The summed E-state index contributed by atoms with van der Waals surface area (Å²) in [5, 5.41) is 0. The molecule has 2 aliphatic heterocycles. The van der Waals surface area contributed by atoms with Crippen molar-refractivity contribution in [2.45, 2.75) is 58.1 Å². The van der Waals surface area contributed by atoms with Gasteiger partial charge in [-0.1, -0.05) is 0 Å². The van der Waals surface area contributed by atoms with Crippen molar-refractivity contribution in [3.63, 3.8) is 0 Å². The predicted molar refractivity (Wildman–Crippen MR) is 95.4 cm³/mol. The first-order valence-corrected chi connectivity index (χ1v) is 9.30. The summed E-state index contributed by atoms with van der Waals surface area (Å²) in [5.41, 5.74) is 0.589. The Morgan fingerprint density at radius 3 is 2.71 bits per heavy atom. The molecule has 24 heavy (non-hydrogen) atoms. The molecular weight excluding hydrogens is 302 g/mol. The Morgan fingerprint density at radius 2 is 1.96 bits per heavy atom. The Bertz CT molecular complexity index is 555. The lowest BCUT2D eigenvalue weighted by molar-refractivity contribution is 0.0378. The van der Waals surface area contributed by atoms with Crippen molar-refractivity contribution in [2.75, 3.05) is 31.1 Å². The Hall–Kier alpha value is -1.62. The number of anilines is 1. The molecule has 0 spiro atoms. The van der Waals surface area contributed by atoms with Crippen LogP contribution in [0.1, 0.15) is 56.3 Å². The van der Waals surface area contributed by atoms with Crippen LogP contribution in [0.2, 0.25) is 0 Å². The van der Waals surface area contributed by atoms with Gasteiger partial charge in [0.15, 0.2) is 0 Å². The van der Waals surface area contributed by atoms with E-state index in [4.69, 9.17) is 4.74 Å². The lowest BCUT2D eigenvalue weighted by atomic mass is 10.1. The Morgan fingerprint density at radius 1 is 1.17 bits per heavy atom. The van der Waals surface area contributed by atoms with Crippen molar-refractivity contribution in [3.8, 4) is 0 Å². The van der Waals surface area contributed by atoms with Crippen molar-refractivity contribution in [2.24, 2.45) is 0 Å². The highest BCUT2D eigenvalue weighted by Gasteiger charge is 2.27. The molecule has 5 heteroatoms. The zero-order valence-corrected chi connectivity index (χ0v) is 14.9. The van der Waals surface area contributed by atoms with E-state index < -0.39 is 0 Å². The first kappa shape index (κ1) is 17.2. The molecule has 3 rings (SSSR count). The lowest BCUT2D eigenvalue weighted by Gasteiger charge is -2.27. The van der Waals surface area contributed by atoms with Gasteiger partial charge in [0.05, 0.1) is 6.10 Å². The molecule has 0 aromatic carbocycles. The summed E-state index contributed by atoms with van der Waals surface area (Å²) >= 11 is 0. The summed E-state index contributed by atoms with van der Waals surface area (Å²) in [5.74, 6) is 0.513. The van der Waals surface area contributed by atoms with E-state index in [-0.39, 0.29) is 12.1 Å². The Labute approximate surface area is 145 Å². The summed E-state index contributed by atoms with van der Waals surface area (Å²) in [6.45, 7) is 8.17. The van der Waals surface area contributed by atoms with E-state index in [1.54, 1.807) is 6.20 Å². The molecule has 1 aromatic heterocycles. The van der Waals surface area contributed by atoms with Gasteiger partial charge in [-0.2, -0.15) is 0 Å². The van der Waals surface area contributed by atoms with Crippen LogP contribution < -0.4 is 4.90 Å². The normalized spacial score (nSPS) is 22.6. The summed E-state index contributed by atoms with van der Waals surface area (Å²) in [6, 6.07) is 4.33. The quantitative estimate of drug-likeness (QED) is 0.793. The number of ether oxygens (including phenoxy) is 1. The van der Waals surface area contributed by atoms with Crippen LogP contribution in [0.3, 0.4) is 0 Å². The van der Waals surface area contributed by atoms with Crippen molar-refractivity contribution in [1.29, 1.82) is 0 Å². The van der Waals surface area contributed by atoms with Crippen molar-refractivity contribution >= 4 is 11.8 Å². The minimum Gasteiger partial charge on any atom is -0.459 e. The monoisotopic (exact) mass is 331 g/mol. The van der Waals surface area contributed by atoms with E-state index in [0.717, 1.165) is 31.7 Å². The Kier molecular flexibility index (Phi) is 5.72. The average molecular weight is 331 g/mol. The fourth-order valence-electron chi connectivity index (χ4n) is 3.85. The van der Waals surface area contributed by atoms with E-state index in [2.05, 4.69) is 14.8 Å². The van der Waals surface area contributed by atoms with E-state index in [1.165, 1.54) is 32.4 Å². The topological polar surface area (TPSA) is 45.7 Å². The number of nitrogens with zero attached hydrogens (tertiary/aromatic N) is 3. The zero-order chi connectivity index (χ0) is 16.9. The van der Waals surface area contributed by atoms with Crippen LogP contribution in [-0.4, -0.2) is 54.2 Å². The fourth-order valence-corrected chi connectivity index (χ4v) is 3.85. The first-order valence-electron chi connectivity index (χ1n) is 9.30. The summed E-state index contributed by atoms with van der Waals surface area (Å²) in [7, 11) is 0. The molecule has 0 aliphatic carbocycles. The van der Waals surface area contributed by atoms with Crippen LogP contribution in [-0.2, 0) is 4.74 Å². The molecule has 3 heterocycles. The largest absolute Gasteiger partial charge is 0.459 e. The van der Waals surface area contributed by atoms with Gasteiger partial charge in [-0.3, -0.25) is 0 Å². The molecule has 0 N–H and O–H groups in total. The van der Waals surface area contributed by atoms with Crippen molar-refractivity contribution in [1.82, 2.24) is 9.88 Å². The SMILES string of the molecule is CC(C)OC(=O)c1cccnc1N1CCCC(N2CCCC2)CC1. The molecule has 0 saturated carbocycles. The molecule has 2 aliphatic rings. The number of hydrogen-bond donors (Lipinski definition) is 0. The second kappa shape index (κ2) is 7.97. The molecule has 1 aromatic rings. The number of carbonyl (C=O) groups excluding carboxylic acids is 1. The van der Waals surface area contributed by atoms with Gasteiger partial charge in [0.2, 0.25) is 0 Å². The summed E-state index contributed by atoms with van der Waals surface area (Å²) in [6.07, 6.45) is 7.87. The van der Waals surface area contributed by atoms with Crippen LogP contribution >= 0.6 is 0 Å². The number of hydrogen-bond acceptors (Lipinski definition) is 5. The van der Waals surface area contributed by atoms with Gasteiger partial charge in [-0.25, -0.2) is 9.78 Å². The van der Waals surface area contributed by atoms with Crippen LogP contribution in [0.25, 0.3) is 0 Å². The molecule has 1 atom stereocenters. The highest BCUT2D eigenvalue weighted by atomic mass is 16.5. The maximum atomic E-state index is 12.4. The molecule has 2 saturated heterocycles. The van der Waals surface area contributed by atoms with Gasteiger partial charge in [0.1, 0.15) is 11.4 Å². The van der Waals surface area contributed by atoms with E-state index in [9.17, 15) is 4.79 Å². The van der Waals surface area contributed by atoms with Crippen LogP contribution in [0.5, 0.6) is 0 Å². The molecule has 1 unspecified atom stereocenters. The third-order valence-corrected chi connectivity index (χ3v) is 5.00. The number of esters is 1. The molecule has 0 bridgehead atoms. The smallest absolute Gasteiger partial charge is 0.342 e. The number of likely N-dealkylation sites (tertiary alicyclic amines) is 1. The number of carbonyl (C=O) groups is 1. The summed E-state index contributed by atoms with van der Waals surface area (Å²) in [4.78, 5) is 21.8. The van der Waals surface area contributed by atoms with Gasteiger partial charge in [0.25, 0.3) is 0 Å². The van der Waals surface area contributed by atoms with Gasteiger partial charge < -0.3 is 14.5 Å². The van der Waals surface area contributed by atoms with Crippen LogP contribution in [0.4, 0.5) is 5.82 Å². The minimum absolute atomic E-state index is 0.116. The standard InChI is InChI=1S/C19H29N3O2/c1-15(2)24-19(23)17-8-5-10-20-18(17)22-13-6-7-16(9-14-22)21-11-3-4-12-21/h5,8,10,15-16H,3-4,6-7,9,11-14H2,1-2H3. The molecule has 2 fully saturated rings. The van der Waals surface area contributed by atoms with Gasteiger partial charge in [-0.05, 0) is 71.2 Å². The zero-order valence-electron chi connectivity index (χ0n) is 14.9. The average Bonchev–Trinajstić information content (AvgIpc) is 2.99. The molecule has 5 nitrogen and oxygen atoms in total. The second-order valence-electron chi connectivity index (χ2n) is 7.14. The maximum absolute atomic E-state index is 12.4. The lowest BCUT2D eigenvalue weighted by Crippen LogP contribution is -2.34. The predicted octanol–water partition coefficient (Wildman–Crippen LogP) is 3.10. The first-order chi connectivity index (χ1) is 11.6. The highest BCUT2D eigenvalue weighted by Crippen LogP contribution is 2.26. The molecular formula is C19H29N3O2. The van der Waals surface area contributed by atoms with E-state index >= 15 is 0 Å². The fraction of sp³-hybridized carbons (Fsp3) is 0.684. The van der Waals surface area contributed by atoms with E-state index in [1.807, 2.05) is 26.0 Å². The molecule has 132 valence electrons. The number of aromatic nitrogens is 1. The van der Waals surface area contributed by atoms with Crippen LogP contribution in [0, 0.1) is 0 Å². The number of pyridine rings is 1. The maximum Gasteiger partial charge on any atom is 0.342 e. The second-order valence-corrected chi connectivity index (χ2v) is 7.14. The summed E-state index contributed by atoms with van der Waals surface area (Å²) < 4.78 is 5.39. The minimum atomic E-state index is -0.270. The van der Waals surface area contributed by atoms with E-state index in [0.29, 0.717) is 11.6 Å². The third-order valence-electron chi connectivity index (χ3n) is 5.00. The third kappa shape index (κ3) is 4.07. The Balaban J connectivity index is 1.71. The van der Waals surface area contributed by atoms with Crippen LogP contribution in [0.15, 0.2) is 18.3 Å². The number of rotatable bonds is 4. The van der Waals surface area contributed by atoms with Gasteiger partial charge in [-0.15, -0.1) is 0 Å². The molecule has 0 radical (unpaired) electrons. The molecule has 0 amide bonds. The van der Waals surface area contributed by atoms with Gasteiger partial charge in [0, 0.05) is 25.3 Å².